The second kappa shape index (κ2) is 3.50. The predicted octanol–water partition coefficient (Wildman–Crippen LogP) is 1.37. The van der Waals surface area contributed by atoms with E-state index in [-0.39, 0.29) is 0 Å². The topological polar surface area (TPSA) is 86.7 Å². The molecule has 0 aliphatic carbocycles. The molecular weight excluding hydrogens is 215 g/mol. The third-order valence-electron chi connectivity index (χ3n) is 1.85. The number of rotatable bonds is 1. The molecule has 0 aromatic heterocycles. The van der Waals surface area contributed by atoms with Crippen molar-refractivity contribution in [1.29, 1.82) is 0 Å². The molecule has 0 spiro atoms. The summed E-state index contributed by atoms with van der Waals surface area (Å²) in [4.78, 5) is 0. The first-order chi connectivity index (χ1) is 6.75. The van der Waals surface area contributed by atoms with E-state index in [1.54, 1.807) is 0 Å². The second-order valence-electron chi connectivity index (χ2n) is 2.89. The summed E-state index contributed by atoms with van der Waals surface area (Å²) in [5.74, 6) is -2.81. The largest absolute Gasteiger partial charge is 0.504 e. The lowest BCUT2D eigenvalue weighted by Crippen LogP contribution is -2.28. The fraction of sp³-hybridized carbons (Fsp3) is 0.250. The minimum absolute atomic E-state index is 0.696. The molecule has 0 heterocycles. The third-order valence-corrected chi connectivity index (χ3v) is 1.85. The summed E-state index contributed by atoms with van der Waals surface area (Å²) in [6.45, 7) is 0. The smallest absolute Gasteiger partial charge is 0.407 e. The fourth-order valence-electron chi connectivity index (χ4n) is 1.01. The summed E-state index contributed by atoms with van der Waals surface area (Å²) in [6.07, 6.45) is -4.74. The summed E-state index contributed by atoms with van der Waals surface area (Å²) in [6, 6.07) is -0.803. The molecule has 0 amide bonds. The van der Waals surface area contributed by atoms with Gasteiger partial charge in [-0.1, -0.05) is 0 Å². The van der Waals surface area contributed by atoms with Gasteiger partial charge in [-0.2, -0.15) is 13.2 Å². The van der Waals surface area contributed by atoms with E-state index in [1.165, 1.54) is 0 Å². The Hall–Kier alpha value is -1.63. The highest BCUT2D eigenvalue weighted by Gasteiger charge is 2.39. The number of hydrogen-bond acceptors (Lipinski definition) is 4. The van der Waals surface area contributed by atoms with Gasteiger partial charge in [0.05, 0.1) is 0 Å². The maximum atomic E-state index is 12.2. The molecule has 1 atom stereocenters. The molecule has 0 aliphatic heterocycles. The van der Waals surface area contributed by atoms with Crippen LogP contribution in [0.1, 0.15) is 11.6 Å². The molecule has 1 rings (SSSR count). The number of nitrogens with two attached hydrogens (primary N) is 1. The average molecular weight is 223 g/mol. The molecule has 0 radical (unpaired) electrons. The molecule has 1 unspecified atom stereocenters. The van der Waals surface area contributed by atoms with Crippen molar-refractivity contribution in [1.82, 2.24) is 0 Å². The fourth-order valence-corrected chi connectivity index (χ4v) is 1.01. The Morgan fingerprint density at radius 1 is 1.07 bits per heavy atom. The molecule has 1 aromatic rings. The zero-order valence-corrected chi connectivity index (χ0v) is 7.28. The van der Waals surface area contributed by atoms with E-state index >= 15 is 0 Å². The van der Waals surface area contributed by atoms with Crippen molar-refractivity contribution >= 4 is 0 Å². The number of aromatic hydroxyl groups is 3. The lowest BCUT2D eigenvalue weighted by molar-refractivity contribution is -0.149. The molecule has 5 N–H and O–H groups in total. The van der Waals surface area contributed by atoms with Crippen LogP contribution >= 0.6 is 0 Å². The molecule has 0 bridgehead atoms. The number of phenolic OH excluding ortho intramolecular Hbond substituents is 3. The molecule has 15 heavy (non-hydrogen) atoms. The van der Waals surface area contributed by atoms with Crippen LogP contribution in [0.4, 0.5) is 13.2 Å². The van der Waals surface area contributed by atoms with E-state index in [9.17, 15) is 13.2 Å². The van der Waals surface area contributed by atoms with E-state index in [0.717, 1.165) is 12.1 Å². The van der Waals surface area contributed by atoms with Crippen molar-refractivity contribution in [3.63, 3.8) is 0 Å². The van der Waals surface area contributed by atoms with Crippen LogP contribution in [0, 0.1) is 0 Å². The predicted molar refractivity (Wildman–Crippen MR) is 44.4 cm³/mol. The highest BCUT2D eigenvalue weighted by atomic mass is 19.4. The van der Waals surface area contributed by atoms with Gasteiger partial charge in [0.15, 0.2) is 11.5 Å². The van der Waals surface area contributed by atoms with Crippen LogP contribution in [0.3, 0.4) is 0 Å². The standard InChI is InChI=1S/C8H8F3NO3/c9-8(10,11)7(12)3-1-2-4(13)6(15)5(3)14/h1-2,7,13-15H,12H2. The third kappa shape index (κ3) is 2.07. The van der Waals surface area contributed by atoms with Crippen molar-refractivity contribution < 1.29 is 28.5 Å². The Morgan fingerprint density at radius 2 is 1.60 bits per heavy atom. The molecule has 4 nitrogen and oxygen atoms in total. The average Bonchev–Trinajstić information content (AvgIpc) is 2.12. The Kier molecular flexibility index (Phi) is 2.67. The van der Waals surface area contributed by atoms with Crippen molar-refractivity contribution in [2.75, 3.05) is 0 Å². The van der Waals surface area contributed by atoms with Gasteiger partial charge in [0, 0.05) is 5.56 Å². The van der Waals surface area contributed by atoms with Crippen LogP contribution in [-0.4, -0.2) is 21.5 Å². The van der Waals surface area contributed by atoms with Crippen LogP contribution in [0.5, 0.6) is 17.2 Å². The zero-order chi connectivity index (χ0) is 11.8. The quantitative estimate of drug-likeness (QED) is 0.541. The maximum absolute atomic E-state index is 12.2. The first-order valence-corrected chi connectivity index (χ1v) is 3.81. The maximum Gasteiger partial charge on any atom is 0.407 e. The molecule has 0 saturated carbocycles. The summed E-state index contributed by atoms with van der Waals surface area (Å²) < 4.78 is 36.5. The van der Waals surface area contributed by atoms with Gasteiger partial charge in [-0.05, 0) is 12.1 Å². The Balaban J connectivity index is 3.23. The van der Waals surface area contributed by atoms with E-state index < -0.39 is 35.0 Å². The molecule has 0 fully saturated rings. The van der Waals surface area contributed by atoms with Gasteiger partial charge in [0.1, 0.15) is 6.04 Å². The van der Waals surface area contributed by atoms with E-state index in [0.29, 0.717) is 0 Å². The zero-order valence-electron chi connectivity index (χ0n) is 7.28. The van der Waals surface area contributed by atoms with Gasteiger partial charge in [0.25, 0.3) is 0 Å². The molecular formula is C8H8F3NO3. The minimum atomic E-state index is -4.74. The lowest BCUT2D eigenvalue weighted by atomic mass is 10.1. The Labute approximate surface area is 82.4 Å². The van der Waals surface area contributed by atoms with Crippen LogP contribution in [0.2, 0.25) is 0 Å². The first-order valence-electron chi connectivity index (χ1n) is 3.81. The minimum Gasteiger partial charge on any atom is -0.504 e. The highest BCUT2D eigenvalue weighted by Crippen LogP contribution is 2.42. The lowest BCUT2D eigenvalue weighted by Gasteiger charge is -2.17. The van der Waals surface area contributed by atoms with E-state index in [1.807, 2.05) is 0 Å². The summed E-state index contributed by atoms with van der Waals surface area (Å²) >= 11 is 0. The second-order valence-corrected chi connectivity index (χ2v) is 2.89. The molecule has 84 valence electrons. The number of hydrogen-bond donors (Lipinski definition) is 4. The van der Waals surface area contributed by atoms with Crippen molar-refractivity contribution in [3.05, 3.63) is 17.7 Å². The van der Waals surface area contributed by atoms with Crippen LogP contribution in [-0.2, 0) is 0 Å². The Morgan fingerprint density at radius 3 is 2.07 bits per heavy atom. The Bertz CT molecular complexity index is 378. The molecule has 7 heteroatoms. The van der Waals surface area contributed by atoms with Gasteiger partial charge >= 0.3 is 6.18 Å². The number of phenols is 3. The van der Waals surface area contributed by atoms with Gasteiger partial charge < -0.3 is 21.1 Å². The van der Waals surface area contributed by atoms with Crippen molar-refractivity contribution in [3.8, 4) is 17.2 Å². The number of alkyl halides is 3. The summed E-state index contributed by atoms with van der Waals surface area (Å²) in [5.41, 5.74) is 4.12. The summed E-state index contributed by atoms with van der Waals surface area (Å²) in [5, 5.41) is 27.0. The normalized spacial score (nSPS) is 13.9. The van der Waals surface area contributed by atoms with E-state index in [2.05, 4.69) is 0 Å². The SMILES string of the molecule is NC(c1ccc(O)c(O)c1O)C(F)(F)F. The first kappa shape index (κ1) is 11.4. The van der Waals surface area contributed by atoms with Gasteiger partial charge in [0.2, 0.25) is 5.75 Å². The highest BCUT2D eigenvalue weighted by molar-refractivity contribution is 5.54. The monoisotopic (exact) mass is 223 g/mol. The van der Waals surface area contributed by atoms with Gasteiger partial charge in [-0.25, -0.2) is 0 Å². The molecule has 0 saturated heterocycles. The molecule has 0 aliphatic rings. The number of benzene rings is 1. The van der Waals surface area contributed by atoms with Gasteiger partial charge in [-0.15, -0.1) is 0 Å². The van der Waals surface area contributed by atoms with Crippen LogP contribution < -0.4 is 5.73 Å². The van der Waals surface area contributed by atoms with E-state index in [4.69, 9.17) is 21.1 Å². The number of halogens is 3. The van der Waals surface area contributed by atoms with Crippen LogP contribution in [0.25, 0.3) is 0 Å². The van der Waals surface area contributed by atoms with Crippen LogP contribution in [0.15, 0.2) is 12.1 Å². The van der Waals surface area contributed by atoms with Gasteiger partial charge in [-0.3, -0.25) is 0 Å². The van der Waals surface area contributed by atoms with Crippen molar-refractivity contribution in [2.24, 2.45) is 5.73 Å². The molecule has 1 aromatic carbocycles. The van der Waals surface area contributed by atoms with Crippen molar-refractivity contribution in [2.45, 2.75) is 12.2 Å². The summed E-state index contributed by atoms with van der Waals surface area (Å²) in [7, 11) is 0.